The zero-order valence-electron chi connectivity index (χ0n) is 14.4. The number of hydrogen-bond acceptors (Lipinski definition) is 5. The lowest BCUT2D eigenvalue weighted by molar-refractivity contribution is 0.113. The number of piperidine rings is 1. The Labute approximate surface area is 147 Å². The topological polar surface area (TPSA) is 74.5 Å². The number of aryl methyl sites for hydroxylation is 1. The molecule has 2 aromatic rings. The van der Waals surface area contributed by atoms with E-state index in [4.69, 9.17) is 4.52 Å². The fraction of sp³-hybridized carbons (Fsp3) is 0.500. The number of nitrogens with one attached hydrogen (secondary N) is 1. The second-order valence-corrected chi connectivity index (χ2v) is 6.83. The Morgan fingerprint density at radius 1 is 1.28 bits per heavy atom. The predicted molar refractivity (Wildman–Crippen MR) is 92.9 cm³/mol. The summed E-state index contributed by atoms with van der Waals surface area (Å²) in [5, 5.41) is 6.99. The molecule has 7 heteroatoms. The van der Waals surface area contributed by atoms with E-state index in [1.54, 1.807) is 0 Å². The summed E-state index contributed by atoms with van der Waals surface area (Å²) in [6, 6.07) is 8.44. The van der Waals surface area contributed by atoms with Gasteiger partial charge in [-0.25, -0.2) is 4.79 Å². The molecular weight excluding hydrogens is 318 g/mol. The van der Waals surface area contributed by atoms with Crippen LogP contribution in [0.2, 0.25) is 0 Å². The highest BCUT2D eigenvalue weighted by Gasteiger charge is 2.31. The highest BCUT2D eigenvalue weighted by atomic mass is 16.5. The van der Waals surface area contributed by atoms with Crippen molar-refractivity contribution in [1.82, 2.24) is 25.3 Å². The zero-order valence-corrected chi connectivity index (χ0v) is 14.4. The number of hydrogen-bond donors (Lipinski definition) is 1. The summed E-state index contributed by atoms with van der Waals surface area (Å²) in [7, 11) is 0. The first-order valence-corrected chi connectivity index (χ1v) is 8.85. The van der Waals surface area contributed by atoms with Crippen molar-refractivity contribution in [3.8, 4) is 11.4 Å². The molecule has 4 rings (SSSR count). The van der Waals surface area contributed by atoms with Crippen LogP contribution in [0.4, 0.5) is 4.79 Å². The van der Waals surface area contributed by atoms with Crippen LogP contribution < -0.4 is 5.32 Å². The lowest BCUT2D eigenvalue weighted by Crippen LogP contribution is -2.48. The summed E-state index contributed by atoms with van der Waals surface area (Å²) in [6.45, 7) is 6.09. The van der Waals surface area contributed by atoms with E-state index >= 15 is 0 Å². The summed E-state index contributed by atoms with van der Waals surface area (Å²) in [5.41, 5.74) is 2.17. The fourth-order valence-electron chi connectivity index (χ4n) is 3.59. The molecule has 25 heavy (non-hydrogen) atoms. The van der Waals surface area contributed by atoms with Crippen LogP contribution in [0.3, 0.4) is 0 Å². The van der Waals surface area contributed by atoms with Crippen molar-refractivity contribution in [2.24, 2.45) is 0 Å². The quantitative estimate of drug-likeness (QED) is 0.921. The van der Waals surface area contributed by atoms with E-state index in [-0.39, 0.29) is 12.1 Å². The van der Waals surface area contributed by atoms with Crippen molar-refractivity contribution in [2.75, 3.05) is 26.2 Å². The molecule has 0 spiro atoms. The Morgan fingerprint density at radius 2 is 2.12 bits per heavy atom. The monoisotopic (exact) mass is 341 g/mol. The van der Waals surface area contributed by atoms with Crippen LogP contribution in [-0.4, -0.2) is 58.2 Å². The molecule has 0 unspecified atom stereocenters. The Bertz CT molecular complexity index is 742. The van der Waals surface area contributed by atoms with Crippen LogP contribution in [0.25, 0.3) is 11.4 Å². The van der Waals surface area contributed by atoms with Crippen molar-refractivity contribution in [3.05, 3.63) is 35.7 Å². The molecule has 2 aliphatic heterocycles. The van der Waals surface area contributed by atoms with Gasteiger partial charge in [0.15, 0.2) is 0 Å². The Morgan fingerprint density at radius 3 is 2.88 bits per heavy atom. The van der Waals surface area contributed by atoms with Gasteiger partial charge in [-0.05, 0) is 26.3 Å². The molecule has 1 atom stereocenters. The highest BCUT2D eigenvalue weighted by molar-refractivity contribution is 5.76. The number of carbonyl (C=O) groups is 1. The molecule has 132 valence electrons. The van der Waals surface area contributed by atoms with Crippen molar-refractivity contribution >= 4 is 6.03 Å². The van der Waals surface area contributed by atoms with E-state index < -0.39 is 0 Å². The van der Waals surface area contributed by atoms with Gasteiger partial charge in [0.2, 0.25) is 11.7 Å². The maximum atomic E-state index is 11.9. The number of carbonyl (C=O) groups excluding carboxylic acids is 1. The van der Waals surface area contributed by atoms with E-state index in [1.807, 2.05) is 29.2 Å². The Balaban J connectivity index is 1.40. The average molecular weight is 341 g/mol. The molecule has 7 nitrogen and oxygen atoms in total. The zero-order chi connectivity index (χ0) is 17.2. The number of benzene rings is 1. The van der Waals surface area contributed by atoms with Gasteiger partial charge in [0, 0.05) is 31.2 Å². The van der Waals surface area contributed by atoms with E-state index in [0.717, 1.165) is 44.6 Å². The second-order valence-electron chi connectivity index (χ2n) is 6.83. The van der Waals surface area contributed by atoms with Gasteiger partial charge in [-0.15, -0.1) is 0 Å². The highest BCUT2D eigenvalue weighted by Crippen LogP contribution is 2.21. The fourth-order valence-corrected chi connectivity index (χ4v) is 3.59. The van der Waals surface area contributed by atoms with Gasteiger partial charge in [0.1, 0.15) is 0 Å². The first-order valence-electron chi connectivity index (χ1n) is 8.85. The van der Waals surface area contributed by atoms with E-state index in [0.29, 0.717) is 18.3 Å². The molecule has 2 amide bonds. The lowest BCUT2D eigenvalue weighted by atomic mass is 10.0. The molecule has 0 saturated carbocycles. The Kier molecular flexibility index (Phi) is 4.40. The predicted octanol–water partition coefficient (Wildman–Crippen LogP) is 2.03. The number of rotatable bonds is 4. The van der Waals surface area contributed by atoms with Gasteiger partial charge in [0.25, 0.3) is 0 Å². The van der Waals surface area contributed by atoms with Crippen LogP contribution in [0, 0.1) is 6.92 Å². The van der Waals surface area contributed by atoms with E-state index in [9.17, 15) is 4.79 Å². The standard InChI is InChI=1S/C18H23N5O2/c1-13-4-6-14(7-5-13)17-20-16(25-21-17)12-22-9-2-3-15(11-22)23-10-8-19-18(23)24/h4-7,15H,2-3,8-12H2,1H3,(H,19,24)/t15-/m1/s1. The van der Waals surface area contributed by atoms with Gasteiger partial charge < -0.3 is 14.7 Å². The van der Waals surface area contributed by atoms with Crippen molar-refractivity contribution in [1.29, 1.82) is 0 Å². The molecule has 0 aliphatic carbocycles. The third-order valence-electron chi connectivity index (χ3n) is 4.95. The molecule has 0 radical (unpaired) electrons. The van der Waals surface area contributed by atoms with Gasteiger partial charge >= 0.3 is 6.03 Å². The molecule has 1 aromatic heterocycles. The summed E-state index contributed by atoms with van der Waals surface area (Å²) in [5.74, 6) is 1.25. The number of amides is 2. The van der Waals surface area contributed by atoms with E-state index in [2.05, 4.69) is 27.3 Å². The smallest absolute Gasteiger partial charge is 0.317 e. The molecule has 1 aromatic carbocycles. The SMILES string of the molecule is Cc1ccc(-c2noc(CN3CCC[C@@H](N4CCNC4=O)C3)n2)cc1. The van der Waals surface area contributed by atoms with Gasteiger partial charge in [-0.3, -0.25) is 4.90 Å². The van der Waals surface area contributed by atoms with Crippen LogP contribution in [0.5, 0.6) is 0 Å². The molecular formula is C18H23N5O2. The minimum atomic E-state index is 0.0614. The number of likely N-dealkylation sites (tertiary alicyclic amines) is 1. The Hall–Kier alpha value is -2.41. The summed E-state index contributed by atoms with van der Waals surface area (Å²) >= 11 is 0. The molecule has 3 heterocycles. The van der Waals surface area contributed by atoms with Crippen molar-refractivity contribution < 1.29 is 9.32 Å². The average Bonchev–Trinajstić information content (AvgIpc) is 3.25. The molecule has 2 fully saturated rings. The summed E-state index contributed by atoms with van der Waals surface area (Å²) in [4.78, 5) is 20.7. The first kappa shape index (κ1) is 16.1. The molecule has 0 bridgehead atoms. The minimum Gasteiger partial charge on any atom is -0.338 e. The third-order valence-corrected chi connectivity index (χ3v) is 4.95. The van der Waals surface area contributed by atoms with Gasteiger partial charge in [-0.1, -0.05) is 35.0 Å². The number of aromatic nitrogens is 2. The normalized spacial score (nSPS) is 21.6. The van der Waals surface area contributed by atoms with Crippen LogP contribution in [0.1, 0.15) is 24.3 Å². The lowest BCUT2D eigenvalue weighted by Gasteiger charge is -2.36. The second kappa shape index (κ2) is 6.84. The number of nitrogens with zero attached hydrogens (tertiary/aromatic N) is 4. The molecule has 1 N–H and O–H groups in total. The molecule has 2 aliphatic rings. The van der Waals surface area contributed by atoms with Crippen molar-refractivity contribution in [2.45, 2.75) is 32.4 Å². The first-order chi connectivity index (χ1) is 12.2. The van der Waals surface area contributed by atoms with Crippen LogP contribution in [0.15, 0.2) is 28.8 Å². The van der Waals surface area contributed by atoms with Gasteiger partial charge in [-0.2, -0.15) is 4.98 Å². The maximum absolute atomic E-state index is 11.9. The minimum absolute atomic E-state index is 0.0614. The van der Waals surface area contributed by atoms with Crippen LogP contribution in [-0.2, 0) is 6.54 Å². The van der Waals surface area contributed by atoms with Gasteiger partial charge in [0.05, 0.1) is 6.54 Å². The van der Waals surface area contributed by atoms with E-state index in [1.165, 1.54) is 5.56 Å². The largest absolute Gasteiger partial charge is 0.338 e. The van der Waals surface area contributed by atoms with Crippen LogP contribution >= 0.6 is 0 Å². The molecule has 2 saturated heterocycles. The van der Waals surface area contributed by atoms with Crippen molar-refractivity contribution in [3.63, 3.8) is 0 Å². The summed E-state index contributed by atoms with van der Waals surface area (Å²) < 4.78 is 5.44. The third kappa shape index (κ3) is 3.51. The maximum Gasteiger partial charge on any atom is 0.317 e. The summed E-state index contributed by atoms with van der Waals surface area (Å²) in [6.07, 6.45) is 2.13. The number of urea groups is 1.